The van der Waals surface area contributed by atoms with Crippen molar-refractivity contribution in [2.75, 3.05) is 0 Å². The van der Waals surface area contributed by atoms with Crippen LogP contribution in [0.1, 0.15) is 72.8 Å². The lowest BCUT2D eigenvalue weighted by Crippen LogP contribution is -2.32. The van der Waals surface area contributed by atoms with Crippen molar-refractivity contribution in [1.82, 2.24) is 29.8 Å². The highest BCUT2D eigenvalue weighted by Crippen LogP contribution is 2.39. The molecule has 1 aliphatic carbocycles. The molecular formula is C21H23F3N6O. The number of imidazole rings is 1. The minimum Gasteiger partial charge on any atom is -0.341 e. The standard InChI is InChI=1S/C21H23F3N6O/c1-11(2)30-18-16(7-14(9-27-18)21(22,23)24)28-19(30)15(6-13-4-5-13)29-20(31)17-10-25-12(3)8-26-17/h7-11,13,15H,4-6H2,1-3H3,(H,29,31)/t15-/m0/s1. The average Bonchev–Trinajstić information content (AvgIpc) is 3.43. The van der Waals surface area contributed by atoms with Gasteiger partial charge >= 0.3 is 6.18 Å². The Balaban J connectivity index is 1.74. The summed E-state index contributed by atoms with van der Waals surface area (Å²) < 4.78 is 41.3. The minimum absolute atomic E-state index is 0.109. The summed E-state index contributed by atoms with van der Waals surface area (Å²) in [6.45, 7) is 5.59. The summed E-state index contributed by atoms with van der Waals surface area (Å²) in [4.78, 5) is 29.6. The summed E-state index contributed by atoms with van der Waals surface area (Å²) in [6, 6.07) is 0.419. The number of halogens is 3. The molecule has 1 N–H and O–H groups in total. The number of fused-ring (bicyclic) bond motifs is 1. The van der Waals surface area contributed by atoms with Gasteiger partial charge in [-0.15, -0.1) is 0 Å². The molecule has 0 bridgehead atoms. The number of alkyl halides is 3. The van der Waals surface area contributed by atoms with Crippen LogP contribution in [-0.2, 0) is 6.18 Å². The molecule has 1 saturated carbocycles. The van der Waals surface area contributed by atoms with Crippen LogP contribution in [-0.4, -0.2) is 30.4 Å². The van der Waals surface area contributed by atoms with E-state index in [9.17, 15) is 18.0 Å². The highest BCUT2D eigenvalue weighted by atomic mass is 19.4. The topological polar surface area (TPSA) is 85.6 Å². The van der Waals surface area contributed by atoms with Gasteiger partial charge < -0.3 is 9.88 Å². The molecule has 7 nitrogen and oxygen atoms in total. The average molecular weight is 432 g/mol. The molecular weight excluding hydrogens is 409 g/mol. The Bertz CT molecular complexity index is 1100. The van der Waals surface area contributed by atoms with Gasteiger partial charge in [0.15, 0.2) is 5.65 Å². The third-order valence-electron chi connectivity index (χ3n) is 5.30. The lowest BCUT2D eigenvalue weighted by atomic mass is 10.1. The zero-order valence-corrected chi connectivity index (χ0v) is 17.4. The van der Waals surface area contributed by atoms with E-state index < -0.39 is 23.7 Å². The van der Waals surface area contributed by atoms with Gasteiger partial charge in [-0.1, -0.05) is 12.8 Å². The largest absolute Gasteiger partial charge is 0.417 e. The Kier molecular flexibility index (Phi) is 5.40. The molecule has 164 valence electrons. The van der Waals surface area contributed by atoms with Crippen molar-refractivity contribution in [1.29, 1.82) is 0 Å². The van der Waals surface area contributed by atoms with Crippen LogP contribution in [0.25, 0.3) is 11.2 Å². The monoisotopic (exact) mass is 432 g/mol. The van der Waals surface area contributed by atoms with Gasteiger partial charge in [-0.05, 0) is 39.2 Å². The van der Waals surface area contributed by atoms with Gasteiger partial charge in [-0.25, -0.2) is 15.0 Å². The second kappa shape index (κ2) is 7.90. The molecule has 1 aliphatic rings. The SMILES string of the molecule is Cc1cnc(C(=O)N[C@@H](CC2CC2)c2nc3cc(C(F)(F)F)cnc3n2C(C)C)cn1. The summed E-state index contributed by atoms with van der Waals surface area (Å²) in [5.74, 6) is 0.537. The van der Waals surface area contributed by atoms with E-state index in [-0.39, 0.29) is 17.3 Å². The zero-order chi connectivity index (χ0) is 22.3. The van der Waals surface area contributed by atoms with Crippen LogP contribution in [0, 0.1) is 12.8 Å². The zero-order valence-electron chi connectivity index (χ0n) is 17.4. The van der Waals surface area contributed by atoms with Crippen LogP contribution in [0.3, 0.4) is 0 Å². The first-order chi connectivity index (χ1) is 14.6. The summed E-state index contributed by atoms with van der Waals surface area (Å²) >= 11 is 0. The first-order valence-corrected chi connectivity index (χ1v) is 10.2. The number of aromatic nitrogens is 5. The maximum Gasteiger partial charge on any atom is 0.417 e. The molecule has 3 heterocycles. The van der Waals surface area contributed by atoms with Gasteiger partial charge in [0.2, 0.25) is 0 Å². The molecule has 4 rings (SSSR count). The van der Waals surface area contributed by atoms with Crippen LogP contribution in [0.2, 0.25) is 0 Å². The van der Waals surface area contributed by atoms with Crippen LogP contribution in [0.5, 0.6) is 0 Å². The van der Waals surface area contributed by atoms with E-state index in [1.807, 2.05) is 13.8 Å². The van der Waals surface area contributed by atoms with Gasteiger partial charge in [0.1, 0.15) is 17.0 Å². The van der Waals surface area contributed by atoms with E-state index in [4.69, 9.17) is 0 Å². The lowest BCUT2D eigenvalue weighted by molar-refractivity contribution is -0.137. The number of nitrogens with zero attached hydrogens (tertiary/aromatic N) is 5. The van der Waals surface area contributed by atoms with Crippen LogP contribution < -0.4 is 5.32 Å². The van der Waals surface area contributed by atoms with Crippen molar-refractivity contribution in [3.05, 3.63) is 47.4 Å². The van der Waals surface area contributed by atoms with Crippen molar-refractivity contribution < 1.29 is 18.0 Å². The third kappa shape index (κ3) is 4.52. The number of carbonyl (C=O) groups is 1. The number of pyridine rings is 1. The smallest absolute Gasteiger partial charge is 0.341 e. The summed E-state index contributed by atoms with van der Waals surface area (Å²) in [5.41, 5.74) is 0.542. The molecule has 31 heavy (non-hydrogen) atoms. The molecule has 0 spiro atoms. The van der Waals surface area contributed by atoms with Crippen molar-refractivity contribution in [2.24, 2.45) is 5.92 Å². The van der Waals surface area contributed by atoms with E-state index in [1.54, 1.807) is 11.5 Å². The Hall–Kier alpha value is -3.04. The number of amides is 1. The van der Waals surface area contributed by atoms with Crippen LogP contribution in [0.4, 0.5) is 13.2 Å². The highest BCUT2D eigenvalue weighted by molar-refractivity contribution is 5.92. The van der Waals surface area contributed by atoms with Crippen molar-refractivity contribution in [2.45, 2.75) is 58.3 Å². The fourth-order valence-electron chi connectivity index (χ4n) is 3.57. The van der Waals surface area contributed by atoms with E-state index in [0.29, 0.717) is 29.5 Å². The van der Waals surface area contributed by atoms with Gasteiger partial charge in [0, 0.05) is 18.4 Å². The van der Waals surface area contributed by atoms with Crippen molar-refractivity contribution in [3.63, 3.8) is 0 Å². The number of aryl methyl sites for hydroxylation is 1. The van der Waals surface area contributed by atoms with Crippen molar-refractivity contribution in [3.8, 4) is 0 Å². The van der Waals surface area contributed by atoms with E-state index >= 15 is 0 Å². The number of rotatable bonds is 6. The van der Waals surface area contributed by atoms with Gasteiger partial charge in [0.25, 0.3) is 5.91 Å². The lowest BCUT2D eigenvalue weighted by Gasteiger charge is -2.21. The molecule has 3 aromatic heterocycles. The molecule has 0 aromatic carbocycles. The molecule has 0 saturated heterocycles. The Labute approximate surface area is 177 Å². The van der Waals surface area contributed by atoms with Gasteiger partial charge in [-0.3, -0.25) is 9.78 Å². The fourth-order valence-corrected chi connectivity index (χ4v) is 3.57. The molecule has 1 fully saturated rings. The minimum atomic E-state index is -4.51. The molecule has 0 aliphatic heterocycles. The van der Waals surface area contributed by atoms with E-state index in [2.05, 4.69) is 25.3 Å². The molecule has 0 unspecified atom stereocenters. The third-order valence-corrected chi connectivity index (χ3v) is 5.30. The summed E-state index contributed by atoms with van der Waals surface area (Å²) in [7, 11) is 0. The second-order valence-electron chi connectivity index (χ2n) is 8.25. The summed E-state index contributed by atoms with van der Waals surface area (Å²) in [6.07, 6.45) is 1.98. The first kappa shape index (κ1) is 21.2. The Morgan fingerprint density at radius 1 is 1.19 bits per heavy atom. The fraction of sp³-hybridized carbons (Fsp3) is 0.476. The Morgan fingerprint density at radius 2 is 1.94 bits per heavy atom. The number of hydrogen-bond donors (Lipinski definition) is 1. The molecule has 0 radical (unpaired) electrons. The van der Waals surface area contributed by atoms with Crippen molar-refractivity contribution >= 4 is 17.1 Å². The second-order valence-corrected chi connectivity index (χ2v) is 8.25. The highest BCUT2D eigenvalue weighted by Gasteiger charge is 2.34. The first-order valence-electron chi connectivity index (χ1n) is 10.2. The molecule has 1 atom stereocenters. The van der Waals surface area contributed by atoms with Gasteiger partial charge in [-0.2, -0.15) is 13.2 Å². The van der Waals surface area contributed by atoms with E-state index in [1.165, 1.54) is 12.4 Å². The van der Waals surface area contributed by atoms with Gasteiger partial charge in [0.05, 0.1) is 23.5 Å². The van der Waals surface area contributed by atoms with E-state index in [0.717, 1.165) is 25.1 Å². The summed E-state index contributed by atoms with van der Waals surface area (Å²) in [5, 5.41) is 2.97. The molecule has 3 aromatic rings. The number of hydrogen-bond acceptors (Lipinski definition) is 5. The predicted octanol–water partition coefficient (Wildman–Crippen LogP) is 4.40. The molecule has 1 amide bonds. The quantitative estimate of drug-likeness (QED) is 0.624. The normalized spacial score (nSPS) is 15.5. The van der Waals surface area contributed by atoms with Crippen LogP contribution in [0.15, 0.2) is 24.7 Å². The maximum absolute atomic E-state index is 13.2. The maximum atomic E-state index is 13.2. The predicted molar refractivity (Wildman–Crippen MR) is 107 cm³/mol. The van der Waals surface area contributed by atoms with Crippen LogP contribution >= 0.6 is 0 Å². The number of nitrogens with one attached hydrogen (secondary N) is 1. The number of carbonyl (C=O) groups excluding carboxylic acids is 1. The molecule has 10 heteroatoms. The Morgan fingerprint density at radius 3 is 2.52 bits per heavy atom.